The summed E-state index contributed by atoms with van der Waals surface area (Å²) in [4.78, 5) is 0. The molecular formula is C15H20N+. The number of hydrogen-bond donors (Lipinski definition) is 0. The van der Waals surface area contributed by atoms with E-state index in [0.717, 1.165) is 6.54 Å². The summed E-state index contributed by atoms with van der Waals surface area (Å²) in [6.45, 7) is 7.05. The number of hydrogen-bond acceptors (Lipinski definition) is 0. The Labute approximate surface area is 98.4 Å². The molecule has 1 nitrogen and oxygen atoms in total. The molecule has 0 spiro atoms. The van der Waals surface area contributed by atoms with E-state index in [1.165, 1.54) is 11.1 Å². The average molecular weight is 214 g/mol. The van der Waals surface area contributed by atoms with E-state index in [9.17, 15) is 0 Å². The monoisotopic (exact) mass is 214 g/mol. The van der Waals surface area contributed by atoms with Crippen molar-refractivity contribution >= 4 is 0 Å². The molecule has 2 rings (SSSR count). The van der Waals surface area contributed by atoms with Gasteiger partial charge in [0.15, 0.2) is 18.9 Å². The second-order valence-electron chi connectivity index (χ2n) is 3.53. The highest BCUT2D eigenvalue weighted by atomic mass is 14.9. The Kier molecular flexibility index (Phi) is 5.27. The summed E-state index contributed by atoms with van der Waals surface area (Å²) in [7, 11) is 0. The largest absolute Gasteiger partial charge is 0.201 e. The van der Waals surface area contributed by atoms with Gasteiger partial charge in [0.25, 0.3) is 0 Å². The van der Waals surface area contributed by atoms with Crippen molar-refractivity contribution in [2.45, 2.75) is 27.3 Å². The highest BCUT2D eigenvalue weighted by Gasteiger charge is 1.99. The van der Waals surface area contributed by atoms with Gasteiger partial charge in [-0.15, -0.1) is 0 Å². The van der Waals surface area contributed by atoms with Crippen LogP contribution in [0.2, 0.25) is 0 Å². The second kappa shape index (κ2) is 6.78. The lowest BCUT2D eigenvalue weighted by molar-refractivity contribution is -0.688. The van der Waals surface area contributed by atoms with Crippen molar-refractivity contribution in [2.75, 3.05) is 0 Å². The fraction of sp³-hybridized carbons (Fsp3) is 0.267. The highest BCUT2D eigenvalue weighted by molar-refractivity contribution is 5.13. The van der Waals surface area contributed by atoms with Gasteiger partial charge >= 0.3 is 0 Å². The first-order valence-corrected chi connectivity index (χ1v) is 5.84. The normalized spacial score (nSPS) is 9.19. The van der Waals surface area contributed by atoms with E-state index in [-0.39, 0.29) is 0 Å². The summed E-state index contributed by atoms with van der Waals surface area (Å²) in [5.74, 6) is 0. The van der Waals surface area contributed by atoms with Gasteiger partial charge in [-0.2, -0.15) is 0 Å². The molecule has 16 heavy (non-hydrogen) atoms. The van der Waals surface area contributed by atoms with Gasteiger partial charge in [0, 0.05) is 17.7 Å². The molecule has 0 aliphatic rings. The zero-order valence-electron chi connectivity index (χ0n) is 10.4. The lowest BCUT2D eigenvalue weighted by Gasteiger charge is -1.97. The molecular weight excluding hydrogens is 194 g/mol. The van der Waals surface area contributed by atoms with Crippen LogP contribution in [0.15, 0.2) is 54.9 Å². The van der Waals surface area contributed by atoms with Gasteiger partial charge in [0.1, 0.15) is 0 Å². The van der Waals surface area contributed by atoms with Crippen molar-refractivity contribution in [1.82, 2.24) is 0 Å². The first kappa shape index (κ1) is 12.4. The van der Waals surface area contributed by atoms with E-state index in [0.29, 0.717) is 0 Å². The highest BCUT2D eigenvalue weighted by Crippen LogP contribution is 1.97. The van der Waals surface area contributed by atoms with E-state index in [2.05, 4.69) is 60.3 Å². The Morgan fingerprint density at radius 2 is 1.44 bits per heavy atom. The van der Waals surface area contributed by atoms with Crippen LogP contribution in [0.25, 0.3) is 0 Å². The standard InChI is InChI=1S/C13H14N.C2H6/c1-12-7-9-14(10-8-12)11-13-5-3-2-4-6-13;1-2/h2-10H,11H2,1H3;1-2H3/q+1;. The van der Waals surface area contributed by atoms with Gasteiger partial charge in [0.05, 0.1) is 0 Å². The zero-order valence-corrected chi connectivity index (χ0v) is 10.4. The number of aromatic nitrogens is 1. The van der Waals surface area contributed by atoms with Crippen LogP contribution >= 0.6 is 0 Å². The van der Waals surface area contributed by atoms with Gasteiger partial charge in [0.2, 0.25) is 0 Å². The summed E-state index contributed by atoms with van der Waals surface area (Å²) in [5, 5.41) is 0. The molecule has 0 unspecified atom stereocenters. The van der Waals surface area contributed by atoms with E-state index in [1.807, 2.05) is 19.9 Å². The molecule has 0 fully saturated rings. The van der Waals surface area contributed by atoms with Crippen LogP contribution in [0.4, 0.5) is 0 Å². The molecule has 0 bridgehead atoms. The quantitative estimate of drug-likeness (QED) is 0.675. The molecule has 84 valence electrons. The van der Waals surface area contributed by atoms with Crippen LogP contribution in [-0.4, -0.2) is 0 Å². The van der Waals surface area contributed by atoms with Gasteiger partial charge in [-0.3, -0.25) is 0 Å². The van der Waals surface area contributed by atoms with Crippen LogP contribution in [0.5, 0.6) is 0 Å². The van der Waals surface area contributed by atoms with Crippen molar-refractivity contribution in [3.8, 4) is 0 Å². The van der Waals surface area contributed by atoms with Crippen LogP contribution in [0.1, 0.15) is 25.0 Å². The van der Waals surface area contributed by atoms with E-state index >= 15 is 0 Å². The summed E-state index contributed by atoms with van der Waals surface area (Å²) < 4.78 is 2.18. The minimum Gasteiger partial charge on any atom is -0.201 e. The van der Waals surface area contributed by atoms with Gasteiger partial charge in [-0.25, -0.2) is 4.57 Å². The molecule has 0 amide bonds. The molecule has 1 heteroatoms. The molecule has 0 radical (unpaired) electrons. The minimum absolute atomic E-state index is 0.946. The third-order valence-electron chi connectivity index (χ3n) is 2.27. The summed E-state index contributed by atoms with van der Waals surface area (Å²) in [6.07, 6.45) is 4.23. The smallest absolute Gasteiger partial charge is 0.173 e. The van der Waals surface area contributed by atoms with Crippen molar-refractivity contribution in [3.63, 3.8) is 0 Å². The predicted octanol–water partition coefficient (Wildman–Crippen LogP) is 3.36. The second-order valence-corrected chi connectivity index (χ2v) is 3.53. The number of aryl methyl sites for hydroxylation is 1. The number of rotatable bonds is 2. The molecule has 0 aliphatic heterocycles. The molecule has 0 atom stereocenters. The molecule has 2 aromatic rings. The van der Waals surface area contributed by atoms with Gasteiger partial charge in [-0.1, -0.05) is 44.2 Å². The maximum Gasteiger partial charge on any atom is 0.173 e. The topological polar surface area (TPSA) is 3.88 Å². The fourth-order valence-corrected chi connectivity index (χ4v) is 1.43. The first-order valence-electron chi connectivity index (χ1n) is 5.84. The Morgan fingerprint density at radius 3 is 2.00 bits per heavy atom. The average Bonchev–Trinajstić information content (AvgIpc) is 2.36. The third-order valence-corrected chi connectivity index (χ3v) is 2.27. The van der Waals surface area contributed by atoms with Crippen LogP contribution < -0.4 is 4.57 Å². The van der Waals surface area contributed by atoms with Gasteiger partial charge in [-0.05, 0) is 12.5 Å². The van der Waals surface area contributed by atoms with Crippen molar-refractivity contribution in [3.05, 3.63) is 66.0 Å². The lowest BCUT2D eigenvalue weighted by atomic mass is 10.2. The Morgan fingerprint density at radius 1 is 0.875 bits per heavy atom. The van der Waals surface area contributed by atoms with E-state index < -0.39 is 0 Å². The summed E-state index contributed by atoms with van der Waals surface area (Å²) in [5.41, 5.74) is 2.63. The van der Waals surface area contributed by atoms with Crippen molar-refractivity contribution in [1.29, 1.82) is 0 Å². The van der Waals surface area contributed by atoms with E-state index in [1.54, 1.807) is 0 Å². The van der Waals surface area contributed by atoms with Crippen LogP contribution in [0.3, 0.4) is 0 Å². The first-order chi connectivity index (χ1) is 7.84. The zero-order chi connectivity index (χ0) is 11.8. The Balaban J connectivity index is 0.000000606. The molecule has 0 aliphatic carbocycles. The fourth-order valence-electron chi connectivity index (χ4n) is 1.43. The molecule has 1 aromatic carbocycles. The number of pyridine rings is 1. The molecule has 1 aromatic heterocycles. The Hall–Kier alpha value is -1.63. The predicted molar refractivity (Wildman–Crippen MR) is 68.3 cm³/mol. The third kappa shape index (κ3) is 3.85. The number of benzene rings is 1. The SMILES string of the molecule is CC.Cc1cc[n+](Cc2ccccc2)cc1. The number of nitrogens with zero attached hydrogens (tertiary/aromatic N) is 1. The summed E-state index contributed by atoms with van der Waals surface area (Å²) >= 11 is 0. The maximum atomic E-state index is 2.18. The molecule has 0 N–H and O–H groups in total. The molecule has 0 saturated carbocycles. The van der Waals surface area contributed by atoms with Crippen LogP contribution in [0, 0.1) is 6.92 Å². The van der Waals surface area contributed by atoms with E-state index in [4.69, 9.17) is 0 Å². The van der Waals surface area contributed by atoms with Gasteiger partial charge < -0.3 is 0 Å². The maximum absolute atomic E-state index is 2.18. The van der Waals surface area contributed by atoms with Crippen molar-refractivity contribution < 1.29 is 4.57 Å². The molecule has 1 heterocycles. The van der Waals surface area contributed by atoms with Crippen molar-refractivity contribution in [2.24, 2.45) is 0 Å². The molecule has 0 saturated heterocycles. The van der Waals surface area contributed by atoms with Crippen LogP contribution in [-0.2, 0) is 6.54 Å². The minimum atomic E-state index is 0.946. The summed E-state index contributed by atoms with van der Waals surface area (Å²) in [6, 6.07) is 14.7. The Bertz CT molecular complexity index is 390. The lowest BCUT2D eigenvalue weighted by Crippen LogP contribution is -2.32.